The average Bonchev–Trinajstić information content (AvgIpc) is 2.93. The number of benzene rings is 1. The molecule has 3 nitrogen and oxygen atoms in total. The summed E-state index contributed by atoms with van der Waals surface area (Å²) in [5.74, 6) is 0.787. The molecular formula is C15H16O3. The van der Waals surface area contributed by atoms with Gasteiger partial charge >= 0.3 is 0 Å². The van der Waals surface area contributed by atoms with E-state index in [2.05, 4.69) is 0 Å². The molecular weight excluding hydrogens is 228 g/mol. The lowest BCUT2D eigenvalue weighted by Crippen LogP contribution is -2.26. The van der Waals surface area contributed by atoms with Gasteiger partial charge < -0.3 is 14.3 Å². The van der Waals surface area contributed by atoms with Crippen LogP contribution in [0.2, 0.25) is 0 Å². The van der Waals surface area contributed by atoms with E-state index in [0.717, 1.165) is 11.3 Å². The number of hydrogen-bond donors (Lipinski definition) is 1. The van der Waals surface area contributed by atoms with E-state index in [4.69, 9.17) is 9.15 Å². The molecule has 0 aliphatic carbocycles. The van der Waals surface area contributed by atoms with Gasteiger partial charge in [0.05, 0.1) is 18.5 Å². The molecule has 1 fully saturated rings. The third-order valence-electron chi connectivity index (χ3n) is 3.33. The van der Waals surface area contributed by atoms with E-state index < -0.39 is 0 Å². The highest BCUT2D eigenvalue weighted by Crippen LogP contribution is 2.38. The van der Waals surface area contributed by atoms with Crippen molar-refractivity contribution in [2.45, 2.75) is 31.2 Å². The molecule has 18 heavy (non-hydrogen) atoms. The second kappa shape index (κ2) is 4.96. The van der Waals surface area contributed by atoms with E-state index >= 15 is 0 Å². The summed E-state index contributed by atoms with van der Waals surface area (Å²) in [6.07, 6.45) is 2.30. The zero-order chi connectivity index (χ0) is 12.4. The van der Waals surface area contributed by atoms with Gasteiger partial charge in [0.1, 0.15) is 11.9 Å². The maximum Gasteiger partial charge on any atom is 0.132 e. The quantitative estimate of drug-likeness (QED) is 0.881. The van der Waals surface area contributed by atoms with Gasteiger partial charge in [-0.2, -0.15) is 0 Å². The van der Waals surface area contributed by atoms with Crippen LogP contribution in [0, 0.1) is 0 Å². The fraction of sp³-hybridized carbons (Fsp3) is 0.333. The van der Waals surface area contributed by atoms with E-state index in [1.165, 1.54) is 0 Å². The first kappa shape index (κ1) is 11.5. The van der Waals surface area contributed by atoms with Crippen molar-refractivity contribution in [3.05, 3.63) is 60.1 Å². The average molecular weight is 244 g/mol. The molecule has 3 heteroatoms. The van der Waals surface area contributed by atoms with Gasteiger partial charge in [-0.3, -0.25) is 0 Å². The number of aliphatic hydroxyl groups is 1. The lowest BCUT2D eigenvalue weighted by Gasteiger charge is -2.32. The number of furan rings is 1. The van der Waals surface area contributed by atoms with Crippen LogP contribution in [0.25, 0.3) is 0 Å². The van der Waals surface area contributed by atoms with Crippen molar-refractivity contribution >= 4 is 0 Å². The minimum absolute atomic E-state index is 0.0648. The van der Waals surface area contributed by atoms with Crippen LogP contribution in [-0.2, 0) is 4.74 Å². The molecule has 3 atom stereocenters. The van der Waals surface area contributed by atoms with Gasteiger partial charge in [-0.15, -0.1) is 0 Å². The van der Waals surface area contributed by atoms with Crippen LogP contribution < -0.4 is 0 Å². The Hall–Kier alpha value is -1.58. The summed E-state index contributed by atoms with van der Waals surface area (Å²) in [7, 11) is 0. The monoisotopic (exact) mass is 244 g/mol. The van der Waals surface area contributed by atoms with Crippen LogP contribution >= 0.6 is 0 Å². The van der Waals surface area contributed by atoms with Gasteiger partial charge in [0.15, 0.2) is 0 Å². The molecule has 1 N–H and O–H groups in total. The second-order valence-electron chi connectivity index (χ2n) is 4.66. The van der Waals surface area contributed by atoms with Gasteiger partial charge in [-0.05, 0) is 17.7 Å². The number of ether oxygens (including phenoxy) is 1. The first-order valence-corrected chi connectivity index (χ1v) is 6.25. The van der Waals surface area contributed by atoms with Crippen LogP contribution in [-0.4, -0.2) is 11.2 Å². The van der Waals surface area contributed by atoms with Crippen molar-refractivity contribution in [1.82, 2.24) is 0 Å². The Bertz CT molecular complexity index is 478. The Morgan fingerprint density at radius 3 is 2.44 bits per heavy atom. The molecule has 0 spiro atoms. The van der Waals surface area contributed by atoms with Crippen LogP contribution in [0.1, 0.15) is 36.4 Å². The molecule has 1 saturated heterocycles. The molecule has 0 amide bonds. The molecule has 3 rings (SSSR count). The molecule has 0 unspecified atom stereocenters. The van der Waals surface area contributed by atoms with Crippen molar-refractivity contribution in [1.29, 1.82) is 0 Å². The molecule has 1 aliphatic heterocycles. The highest BCUT2D eigenvalue weighted by molar-refractivity contribution is 5.19. The molecule has 2 heterocycles. The molecule has 0 saturated carbocycles. The normalized spacial score (nSPS) is 28.2. The largest absolute Gasteiger partial charge is 0.467 e. The second-order valence-corrected chi connectivity index (χ2v) is 4.66. The molecule has 1 aliphatic rings. The van der Waals surface area contributed by atoms with E-state index in [0.29, 0.717) is 12.8 Å². The van der Waals surface area contributed by atoms with Gasteiger partial charge in [0.25, 0.3) is 0 Å². The van der Waals surface area contributed by atoms with Gasteiger partial charge in [0.2, 0.25) is 0 Å². The van der Waals surface area contributed by atoms with Crippen molar-refractivity contribution in [2.24, 2.45) is 0 Å². The Morgan fingerprint density at radius 1 is 0.944 bits per heavy atom. The highest BCUT2D eigenvalue weighted by Gasteiger charge is 2.31. The van der Waals surface area contributed by atoms with E-state index in [1.54, 1.807) is 6.26 Å². The van der Waals surface area contributed by atoms with E-state index in [9.17, 15) is 5.11 Å². The lowest BCUT2D eigenvalue weighted by molar-refractivity contribution is -0.107. The summed E-state index contributed by atoms with van der Waals surface area (Å²) in [5, 5.41) is 9.99. The minimum atomic E-state index is -0.348. The van der Waals surface area contributed by atoms with Crippen molar-refractivity contribution in [3.8, 4) is 0 Å². The standard InChI is InChI=1S/C15H16O3/c16-12-9-14(11-5-2-1-3-6-11)18-15(10-12)13-7-4-8-17-13/h1-8,12,14-16H,9-10H2/t12-,14+,15+/m0/s1. The smallest absolute Gasteiger partial charge is 0.132 e. The van der Waals surface area contributed by atoms with E-state index in [1.807, 2.05) is 42.5 Å². The molecule has 0 bridgehead atoms. The lowest BCUT2D eigenvalue weighted by atomic mass is 9.95. The number of aliphatic hydroxyl groups excluding tert-OH is 1. The van der Waals surface area contributed by atoms with E-state index in [-0.39, 0.29) is 18.3 Å². The fourth-order valence-electron chi connectivity index (χ4n) is 2.44. The first-order chi connectivity index (χ1) is 8.83. The summed E-state index contributed by atoms with van der Waals surface area (Å²) < 4.78 is 11.4. The number of hydrogen-bond acceptors (Lipinski definition) is 3. The molecule has 0 radical (unpaired) electrons. The summed E-state index contributed by atoms with van der Waals surface area (Å²) in [5.41, 5.74) is 1.10. The van der Waals surface area contributed by atoms with Crippen LogP contribution in [0.4, 0.5) is 0 Å². The van der Waals surface area contributed by atoms with Crippen molar-refractivity contribution < 1.29 is 14.3 Å². The van der Waals surface area contributed by atoms with Gasteiger partial charge in [0, 0.05) is 12.8 Å². The molecule has 2 aromatic rings. The zero-order valence-electron chi connectivity index (χ0n) is 10.0. The Kier molecular flexibility index (Phi) is 3.17. The van der Waals surface area contributed by atoms with Crippen molar-refractivity contribution in [3.63, 3.8) is 0 Å². The fourth-order valence-corrected chi connectivity index (χ4v) is 2.44. The summed E-state index contributed by atoms with van der Waals surface area (Å²) >= 11 is 0. The molecule has 1 aromatic heterocycles. The highest BCUT2D eigenvalue weighted by atomic mass is 16.5. The SMILES string of the molecule is O[C@H]1C[C@H](c2ccccc2)O[C@@H](c2ccco2)C1. The van der Waals surface area contributed by atoms with Crippen molar-refractivity contribution in [2.75, 3.05) is 0 Å². The predicted octanol–water partition coefficient (Wildman–Crippen LogP) is 3.23. The topological polar surface area (TPSA) is 42.6 Å². The minimum Gasteiger partial charge on any atom is -0.467 e. The summed E-state index contributed by atoms with van der Waals surface area (Å²) in [6, 6.07) is 13.8. The van der Waals surface area contributed by atoms with Crippen LogP contribution in [0.15, 0.2) is 53.1 Å². The van der Waals surface area contributed by atoms with Crippen LogP contribution in [0.5, 0.6) is 0 Å². The zero-order valence-corrected chi connectivity index (χ0v) is 10.0. The Morgan fingerprint density at radius 2 is 1.72 bits per heavy atom. The van der Waals surface area contributed by atoms with Gasteiger partial charge in [-0.25, -0.2) is 0 Å². The third-order valence-corrected chi connectivity index (χ3v) is 3.33. The Balaban J connectivity index is 1.81. The maximum absolute atomic E-state index is 9.99. The Labute approximate surface area is 106 Å². The molecule has 1 aromatic carbocycles. The summed E-state index contributed by atoms with van der Waals surface area (Å²) in [6.45, 7) is 0. The summed E-state index contributed by atoms with van der Waals surface area (Å²) in [4.78, 5) is 0. The maximum atomic E-state index is 9.99. The first-order valence-electron chi connectivity index (χ1n) is 6.25. The molecule has 94 valence electrons. The third kappa shape index (κ3) is 2.33. The predicted molar refractivity (Wildman–Crippen MR) is 67.0 cm³/mol. The van der Waals surface area contributed by atoms with Crippen LogP contribution in [0.3, 0.4) is 0 Å². The number of rotatable bonds is 2. The van der Waals surface area contributed by atoms with Gasteiger partial charge in [-0.1, -0.05) is 30.3 Å².